The van der Waals surface area contributed by atoms with Crippen molar-refractivity contribution in [2.45, 2.75) is 32.6 Å². The van der Waals surface area contributed by atoms with E-state index in [1.54, 1.807) is 6.92 Å². The second kappa shape index (κ2) is 12.0. The molecule has 0 amide bonds. The highest BCUT2D eigenvalue weighted by molar-refractivity contribution is 5.89. The molecule has 186 valence electrons. The lowest BCUT2D eigenvalue weighted by atomic mass is 9.94. The number of aryl methyl sites for hydroxylation is 4. The zero-order valence-corrected chi connectivity index (χ0v) is 21.0. The molecule has 0 bridgehead atoms. The lowest BCUT2D eigenvalue weighted by molar-refractivity contribution is -0.130. The summed E-state index contributed by atoms with van der Waals surface area (Å²) in [5.74, 6) is 0.177. The molecule has 4 rings (SSSR count). The van der Waals surface area contributed by atoms with Crippen LogP contribution in [0.5, 0.6) is 11.5 Å². The van der Waals surface area contributed by atoms with E-state index in [0.717, 1.165) is 31.8 Å². The fraction of sp³-hybridized carbons (Fsp3) is 0.152. The molecule has 0 atom stereocenters. The maximum absolute atomic E-state index is 11.7. The second-order valence-electron chi connectivity index (χ2n) is 9.01. The van der Waals surface area contributed by atoms with Gasteiger partial charge in [-0.15, -0.1) is 0 Å². The van der Waals surface area contributed by atoms with Gasteiger partial charge in [0, 0.05) is 11.6 Å². The molecule has 37 heavy (non-hydrogen) atoms. The first-order valence-corrected chi connectivity index (χ1v) is 12.3. The minimum atomic E-state index is -0.458. The van der Waals surface area contributed by atoms with Crippen LogP contribution in [0.2, 0.25) is 0 Å². The van der Waals surface area contributed by atoms with Crippen molar-refractivity contribution in [1.82, 2.24) is 0 Å². The summed E-state index contributed by atoms with van der Waals surface area (Å²) in [4.78, 5) is 23.1. The van der Waals surface area contributed by atoms with E-state index in [1.165, 1.54) is 33.0 Å². The van der Waals surface area contributed by atoms with Gasteiger partial charge in [-0.05, 0) is 89.9 Å². The first-order chi connectivity index (χ1) is 17.9. The minimum absolute atomic E-state index is 0.379. The van der Waals surface area contributed by atoms with Crippen LogP contribution in [0.1, 0.15) is 29.2 Å². The Morgan fingerprint density at radius 3 is 1.57 bits per heavy atom. The largest absolute Gasteiger partial charge is 0.423 e. The summed E-state index contributed by atoms with van der Waals surface area (Å²) in [6.07, 6.45) is 4.76. The van der Waals surface area contributed by atoms with Gasteiger partial charge >= 0.3 is 11.9 Å². The smallest absolute Gasteiger partial charge is 0.338 e. The van der Waals surface area contributed by atoms with E-state index in [9.17, 15) is 9.59 Å². The monoisotopic (exact) mass is 490 g/mol. The molecule has 0 spiro atoms. The third kappa shape index (κ3) is 6.83. The quantitative estimate of drug-likeness (QED) is 0.137. The lowest BCUT2D eigenvalue weighted by Gasteiger charge is -2.12. The van der Waals surface area contributed by atoms with Gasteiger partial charge in [-0.25, -0.2) is 9.59 Å². The molecule has 0 aliphatic rings. The molecule has 0 aliphatic heterocycles. The van der Waals surface area contributed by atoms with Crippen LogP contribution in [0.15, 0.2) is 110 Å². The molecule has 0 aromatic heterocycles. The fourth-order valence-corrected chi connectivity index (χ4v) is 4.23. The average molecular weight is 491 g/mol. The summed E-state index contributed by atoms with van der Waals surface area (Å²) in [7, 11) is 0. The zero-order chi connectivity index (χ0) is 26.2. The predicted molar refractivity (Wildman–Crippen MR) is 148 cm³/mol. The molecule has 0 heterocycles. The zero-order valence-electron chi connectivity index (χ0n) is 21.0. The summed E-state index contributed by atoms with van der Waals surface area (Å²) in [5.41, 5.74) is 5.37. The van der Waals surface area contributed by atoms with E-state index < -0.39 is 11.9 Å². The van der Waals surface area contributed by atoms with Crippen molar-refractivity contribution in [2.75, 3.05) is 0 Å². The Morgan fingerprint density at radius 2 is 1.14 bits per heavy atom. The highest BCUT2D eigenvalue weighted by Gasteiger charge is 2.08. The van der Waals surface area contributed by atoms with Crippen LogP contribution < -0.4 is 9.47 Å². The van der Waals surface area contributed by atoms with E-state index in [-0.39, 0.29) is 0 Å². The van der Waals surface area contributed by atoms with Gasteiger partial charge < -0.3 is 9.47 Å². The van der Waals surface area contributed by atoms with Crippen LogP contribution >= 0.6 is 0 Å². The molecule has 0 aliphatic carbocycles. The van der Waals surface area contributed by atoms with Crippen molar-refractivity contribution in [3.63, 3.8) is 0 Å². The Kier molecular flexibility index (Phi) is 8.32. The van der Waals surface area contributed by atoms with Crippen LogP contribution in [-0.4, -0.2) is 11.9 Å². The molecule has 4 nitrogen and oxygen atoms in total. The van der Waals surface area contributed by atoms with Crippen LogP contribution in [0.25, 0.3) is 10.8 Å². The van der Waals surface area contributed by atoms with E-state index >= 15 is 0 Å². The van der Waals surface area contributed by atoms with Crippen LogP contribution in [0.4, 0.5) is 0 Å². The van der Waals surface area contributed by atoms with E-state index in [0.29, 0.717) is 17.1 Å². The van der Waals surface area contributed by atoms with Gasteiger partial charge in [0.05, 0.1) is 0 Å². The number of carbonyl (C=O) groups excluding carboxylic acids is 2. The van der Waals surface area contributed by atoms with Crippen LogP contribution in [0.3, 0.4) is 0 Å². The molecule has 4 aromatic carbocycles. The number of carbonyl (C=O) groups is 2. The van der Waals surface area contributed by atoms with Gasteiger partial charge in [-0.3, -0.25) is 0 Å². The Hall–Kier alpha value is -4.44. The molecule has 0 saturated carbocycles. The Morgan fingerprint density at radius 1 is 0.676 bits per heavy atom. The van der Waals surface area contributed by atoms with E-state index in [1.807, 2.05) is 48.5 Å². The number of hydrogen-bond acceptors (Lipinski definition) is 4. The standard InChI is InChI=1S/C33H30O4/c1-4-32(34)36-28-19-13-24(14-20-28)11-17-26-7-5-10-31-27(8-6-9-30(26)31)18-12-25-15-21-29(22-16-25)37-33(35)23(2)3/h4-10,13-16,19-22H,1-2,11-12,17-18H2,3H3. The second-order valence-corrected chi connectivity index (χ2v) is 9.01. The van der Waals surface area contributed by atoms with E-state index in [2.05, 4.69) is 49.6 Å². The maximum Gasteiger partial charge on any atom is 0.338 e. The normalized spacial score (nSPS) is 10.6. The predicted octanol–water partition coefficient (Wildman–Crippen LogP) is 6.98. The van der Waals surface area contributed by atoms with Crippen molar-refractivity contribution >= 4 is 22.7 Å². The first kappa shape index (κ1) is 25.6. The lowest BCUT2D eigenvalue weighted by Crippen LogP contribution is -2.08. The number of esters is 2. The molecule has 0 fully saturated rings. The highest BCUT2D eigenvalue weighted by Crippen LogP contribution is 2.26. The molecule has 0 N–H and O–H groups in total. The highest BCUT2D eigenvalue weighted by atomic mass is 16.5. The maximum atomic E-state index is 11.7. The summed E-state index contributed by atoms with van der Waals surface area (Å²) >= 11 is 0. The molecular weight excluding hydrogens is 460 g/mol. The summed E-state index contributed by atoms with van der Waals surface area (Å²) in [6.45, 7) is 8.67. The number of rotatable bonds is 10. The Bertz CT molecular complexity index is 1430. The number of fused-ring (bicyclic) bond motifs is 1. The average Bonchev–Trinajstić information content (AvgIpc) is 2.92. The van der Waals surface area contributed by atoms with Gasteiger partial charge in [0.15, 0.2) is 0 Å². The van der Waals surface area contributed by atoms with Gasteiger partial charge in [-0.2, -0.15) is 0 Å². The minimum Gasteiger partial charge on any atom is -0.423 e. The molecular formula is C33H30O4. The van der Waals surface area contributed by atoms with Crippen molar-refractivity contribution in [2.24, 2.45) is 0 Å². The van der Waals surface area contributed by atoms with Crippen molar-refractivity contribution in [3.8, 4) is 11.5 Å². The number of benzene rings is 4. The third-order valence-corrected chi connectivity index (χ3v) is 6.26. The van der Waals surface area contributed by atoms with Crippen LogP contribution in [-0.2, 0) is 35.3 Å². The molecule has 0 saturated heterocycles. The van der Waals surface area contributed by atoms with Crippen molar-refractivity contribution in [3.05, 3.63) is 132 Å². The third-order valence-electron chi connectivity index (χ3n) is 6.26. The van der Waals surface area contributed by atoms with Gasteiger partial charge in [0.25, 0.3) is 0 Å². The van der Waals surface area contributed by atoms with Crippen molar-refractivity contribution in [1.29, 1.82) is 0 Å². The summed E-state index contributed by atoms with van der Waals surface area (Å²) in [6, 6.07) is 28.3. The SMILES string of the molecule is C=CC(=O)Oc1ccc(CCc2cccc3c(CCc4ccc(OC(=O)C(=C)C)cc4)cccc23)cc1. The summed E-state index contributed by atoms with van der Waals surface area (Å²) in [5, 5.41) is 2.55. The van der Waals surface area contributed by atoms with Gasteiger partial charge in [-0.1, -0.05) is 73.8 Å². The Balaban J connectivity index is 1.41. The first-order valence-electron chi connectivity index (χ1n) is 12.3. The Labute approximate surface area is 217 Å². The number of hydrogen-bond donors (Lipinski definition) is 0. The van der Waals surface area contributed by atoms with Crippen molar-refractivity contribution < 1.29 is 19.1 Å². The molecule has 4 aromatic rings. The molecule has 0 radical (unpaired) electrons. The fourth-order valence-electron chi connectivity index (χ4n) is 4.23. The summed E-state index contributed by atoms with van der Waals surface area (Å²) < 4.78 is 10.4. The number of ether oxygens (including phenoxy) is 2. The molecule has 4 heteroatoms. The molecule has 0 unspecified atom stereocenters. The van der Waals surface area contributed by atoms with Gasteiger partial charge in [0.1, 0.15) is 11.5 Å². The topological polar surface area (TPSA) is 52.6 Å². The van der Waals surface area contributed by atoms with Crippen LogP contribution in [0, 0.1) is 0 Å². The van der Waals surface area contributed by atoms with E-state index in [4.69, 9.17) is 9.47 Å². The van der Waals surface area contributed by atoms with Gasteiger partial charge in [0.2, 0.25) is 0 Å².